The minimum absolute atomic E-state index is 0.731. The van der Waals surface area contributed by atoms with Gasteiger partial charge in [-0.2, -0.15) is 0 Å². The second-order valence-electron chi connectivity index (χ2n) is 5.61. The van der Waals surface area contributed by atoms with Crippen LogP contribution >= 0.6 is 0 Å². The lowest BCUT2D eigenvalue weighted by atomic mass is 10.1. The van der Waals surface area contributed by atoms with Crippen molar-refractivity contribution in [1.29, 1.82) is 0 Å². The van der Waals surface area contributed by atoms with Crippen LogP contribution in [0.5, 0.6) is 0 Å². The smallest absolute Gasteiger partial charge is 0.133 e. The largest absolute Gasteiger partial charge is 0.361 e. The molecule has 3 rings (SSSR count). The first-order chi connectivity index (χ1) is 10.7. The molecule has 0 bridgehead atoms. The number of rotatable bonds is 5. The maximum atomic E-state index is 5.19. The van der Waals surface area contributed by atoms with Gasteiger partial charge in [-0.15, -0.1) is 0 Å². The standard InChI is InChI=1S/C19H20N2O/c1-15-8-10-19(11-9-15)21(13-17-6-4-3-5-7-17)14-18-12-16(2)22-20-18/h3-12H,13-14H2,1-2H3. The van der Waals surface area contributed by atoms with Gasteiger partial charge >= 0.3 is 0 Å². The van der Waals surface area contributed by atoms with Crippen molar-refractivity contribution in [2.24, 2.45) is 0 Å². The monoisotopic (exact) mass is 292 g/mol. The molecule has 0 unspecified atom stereocenters. The average molecular weight is 292 g/mol. The van der Waals surface area contributed by atoms with Crippen molar-refractivity contribution < 1.29 is 4.52 Å². The van der Waals surface area contributed by atoms with E-state index in [1.807, 2.05) is 19.1 Å². The Balaban J connectivity index is 1.85. The van der Waals surface area contributed by atoms with Crippen molar-refractivity contribution in [2.75, 3.05) is 4.90 Å². The van der Waals surface area contributed by atoms with E-state index in [1.165, 1.54) is 16.8 Å². The van der Waals surface area contributed by atoms with Crippen LogP contribution in [0.25, 0.3) is 0 Å². The Bertz CT molecular complexity index is 717. The van der Waals surface area contributed by atoms with E-state index in [0.29, 0.717) is 0 Å². The highest BCUT2D eigenvalue weighted by Gasteiger charge is 2.11. The zero-order valence-corrected chi connectivity index (χ0v) is 13.0. The third kappa shape index (κ3) is 3.55. The summed E-state index contributed by atoms with van der Waals surface area (Å²) < 4.78 is 5.19. The highest BCUT2D eigenvalue weighted by atomic mass is 16.5. The summed E-state index contributed by atoms with van der Waals surface area (Å²) in [6.45, 7) is 5.60. The van der Waals surface area contributed by atoms with E-state index in [1.54, 1.807) is 0 Å². The molecule has 0 N–H and O–H groups in total. The Labute approximate surface area is 131 Å². The van der Waals surface area contributed by atoms with Crippen LogP contribution in [-0.4, -0.2) is 5.16 Å². The van der Waals surface area contributed by atoms with Gasteiger partial charge in [0.1, 0.15) is 11.5 Å². The van der Waals surface area contributed by atoms with Gasteiger partial charge in [-0.05, 0) is 31.5 Å². The molecular formula is C19H20N2O. The van der Waals surface area contributed by atoms with Crippen LogP contribution in [0.1, 0.15) is 22.6 Å². The summed E-state index contributed by atoms with van der Waals surface area (Å²) in [4.78, 5) is 2.31. The maximum absolute atomic E-state index is 5.19. The van der Waals surface area contributed by atoms with Crippen molar-refractivity contribution in [1.82, 2.24) is 5.16 Å². The number of hydrogen-bond donors (Lipinski definition) is 0. The van der Waals surface area contributed by atoms with Crippen LogP contribution in [0.4, 0.5) is 5.69 Å². The molecule has 1 aromatic heterocycles. The fraction of sp³-hybridized carbons (Fsp3) is 0.211. The predicted molar refractivity (Wildman–Crippen MR) is 88.7 cm³/mol. The second kappa shape index (κ2) is 6.48. The van der Waals surface area contributed by atoms with Crippen LogP contribution in [0.15, 0.2) is 65.2 Å². The molecule has 1 heterocycles. The first kappa shape index (κ1) is 14.4. The topological polar surface area (TPSA) is 29.3 Å². The molecule has 0 saturated heterocycles. The van der Waals surface area contributed by atoms with Gasteiger partial charge in [-0.25, -0.2) is 0 Å². The minimum Gasteiger partial charge on any atom is -0.361 e. The molecule has 22 heavy (non-hydrogen) atoms. The van der Waals surface area contributed by atoms with E-state index in [-0.39, 0.29) is 0 Å². The normalized spacial score (nSPS) is 10.6. The summed E-state index contributed by atoms with van der Waals surface area (Å²) in [6, 6.07) is 21.1. The van der Waals surface area contributed by atoms with E-state index < -0.39 is 0 Å². The fourth-order valence-electron chi connectivity index (χ4n) is 2.49. The molecule has 0 aliphatic rings. The molecule has 0 amide bonds. The van der Waals surface area contributed by atoms with E-state index in [0.717, 1.165) is 24.5 Å². The summed E-state index contributed by atoms with van der Waals surface area (Å²) in [5, 5.41) is 4.12. The summed E-state index contributed by atoms with van der Waals surface area (Å²) >= 11 is 0. The first-order valence-electron chi connectivity index (χ1n) is 7.48. The van der Waals surface area contributed by atoms with Gasteiger partial charge in [0.2, 0.25) is 0 Å². The molecule has 0 aliphatic carbocycles. The Hall–Kier alpha value is -2.55. The molecule has 0 aliphatic heterocycles. The number of aromatic nitrogens is 1. The Morgan fingerprint density at radius 3 is 2.27 bits per heavy atom. The van der Waals surface area contributed by atoms with Crippen molar-refractivity contribution >= 4 is 5.69 Å². The van der Waals surface area contributed by atoms with Crippen molar-refractivity contribution in [3.8, 4) is 0 Å². The molecule has 2 aromatic carbocycles. The quantitative estimate of drug-likeness (QED) is 0.693. The molecule has 0 atom stereocenters. The molecule has 0 fully saturated rings. The molecule has 3 aromatic rings. The molecule has 0 radical (unpaired) electrons. The average Bonchev–Trinajstić information content (AvgIpc) is 2.94. The second-order valence-corrected chi connectivity index (χ2v) is 5.61. The summed E-state index contributed by atoms with van der Waals surface area (Å²) in [5.41, 5.74) is 4.69. The summed E-state index contributed by atoms with van der Waals surface area (Å²) in [6.07, 6.45) is 0. The summed E-state index contributed by atoms with van der Waals surface area (Å²) in [5.74, 6) is 0.846. The van der Waals surface area contributed by atoms with Gasteiger partial charge in [0, 0.05) is 18.3 Å². The molecule has 112 valence electrons. The number of benzene rings is 2. The van der Waals surface area contributed by atoms with Crippen LogP contribution < -0.4 is 4.90 Å². The number of hydrogen-bond acceptors (Lipinski definition) is 3. The first-order valence-corrected chi connectivity index (χ1v) is 7.48. The van der Waals surface area contributed by atoms with Gasteiger partial charge < -0.3 is 9.42 Å². The van der Waals surface area contributed by atoms with Crippen molar-refractivity contribution in [2.45, 2.75) is 26.9 Å². The van der Waals surface area contributed by atoms with Gasteiger partial charge in [0.15, 0.2) is 0 Å². The van der Waals surface area contributed by atoms with Gasteiger partial charge in [-0.1, -0.05) is 53.2 Å². The Morgan fingerprint density at radius 2 is 1.64 bits per heavy atom. The Kier molecular flexibility index (Phi) is 4.24. The van der Waals surface area contributed by atoms with Crippen LogP contribution in [0.2, 0.25) is 0 Å². The van der Waals surface area contributed by atoms with Crippen LogP contribution in [-0.2, 0) is 13.1 Å². The molecule has 0 saturated carbocycles. The number of nitrogens with zero attached hydrogens (tertiary/aromatic N) is 2. The van der Waals surface area contributed by atoms with Gasteiger partial charge in [0.05, 0.1) is 6.54 Å². The lowest BCUT2D eigenvalue weighted by Gasteiger charge is -2.24. The third-order valence-corrected chi connectivity index (χ3v) is 3.65. The summed E-state index contributed by atoms with van der Waals surface area (Å²) in [7, 11) is 0. The third-order valence-electron chi connectivity index (χ3n) is 3.65. The van der Waals surface area contributed by atoms with Crippen LogP contribution in [0.3, 0.4) is 0 Å². The van der Waals surface area contributed by atoms with E-state index >= 15 is 0 Å². The van der Waals surface area contributed by atoms with E-state index in [9.17, 15) is 0 Å². The fourth-order valence-corrected chi connectivity index (χ4v) is 2.49. The molecule has 3 heteroatoms. The Morgan fingerprint density at radius 1 is 0.909 bits per heavy atom. The van der Waals surface area contributed by atoms with Gasteiger partial charge in [-0.3, -0.25) is 0 Å². The SMILES string of the molecule is Cc1ccc(N(Cc2ccccc2)Cc2cc(C)on2)cc1. The van der Waals surface area contributed by atoms with Crippen molar-refractivity contribution in [3.63, 3.8) is 0 Å². The molecule has 0 spiro atoms. The molecule has 3 nitrogen and oxygen atoms in total. The van der Waals surface area contributed by atoms with E-state index in [2.05, 4.69) is 65.5 Å². The van der Waals surface area contributed by atoms with Gasteiger partial charge in [0.25, 0.3) is 0 Å². The lowest BCUT2D eigenvalue weighted by molar-refractivity contribution is 0.390. The highest BCUT2D eigenvalue weighted by Crippen LogP contribution is 2.20. The number of anilines is 1. The molecular weight excluding hydrogens is 272 g/mol. The maximum Gasteiger partial charge on any atom is 0.133 e. The highest BCUT2D eigenvalue weighted by molar-refractivity contribution is 5.48. The lowest BCUT2D eigenvalue weighted by Crippen LogP contribution is -2.22. The zero-order chi connectivity index (χ0) is 15.4. The number of aryl methyl sites for hydroxylation is 2. The van der Waals surface area contributed by atoms with E-state index in [4.69, 9.17) is 4.52 Å². The van der Waals surface area contributed by atoms with Crippen molar-refractivity contribution in [3.05, 3.63) is 83.2 Å². The zero-order valence-electron chi connectivity index (χ0n) is 13.0. The minimum atomic E-state index is 0.731. The predicted octanol–water partition coefficient (Wildman–Crippen LogP) is 4.50. The van der Waals surface area contributed by atoms with Crippen LogP contribution in [0, 0.1) is 13.8 Å².